The topological polar surface area (TPSA) is 87.4 Å². The summed E-state index contributed by atoms with van der Waals surface area (Å²) in [4.78, 5) is 17.1. The van der Waals surface area contributed by atoms with Gasteiger partial charge in [0.2, 0.25) is 0 Å². The lowest BCUT2D eigenvalue weighted by Gasteiger charge is -2.30. The number of benzene rings is 1. The predicted octanol–water partition coefficient (Wildman–Crippen LogP) is 0.877. The summed E-state index contributed by atoms with van der Waals surface area (Å²) in [5.74, 6) is 0. The Morgan fingerprint density at radius 2 is 2.21 bits per heavy atom. The van der Waals surface area contributed by atoms with Gasteiger partial charge in [-0.05, 0) is 56.8 Å². The van der Waals surface area contributed by atoms with Crippen LogP contribution in [0.5, 0.6) is 0 Å². The van der Waals surface area contributed by atoms with Crippen LogP contribution in [0.2, 0.25) is 0 Å². The molecule has 0 bridgehead atoms. The molecular weight excluding hydrogens is 306 g/mol. The highest BCUT2D eigenvalue weighted by molar-refractivity contribution is 5.81. The molecule has 0 saturated carbocycles. The van der Waals surface area contributed by atoms with E-state index in [4.69, 9.17) is 0 Å². The van der Waals surface area contributed by atoms with Crippen molar-refractivity contribution in [1.82, 2.24) is 14.9 Å². The Balaban J connectivity index is 1.79. The Labute approximate surface area is 141 Å². The molecule has 1 aromatic carbocycles. The molecule has 3 N–H and O–H groups in total. The molecule has 6 nitrogen and oxygen atoms in total. The zero-order valence-electron chi connectivity index (χ0n) is 14.2. The minimum atomic E-state index is -0.710. The molecule has 130 valence electrons. The van der Waals surface area contributed by atoms with E-state index >= 15 is 0 Å². The third-order valence-corrected chi connectivity index (χ3v) is 4.74. The van der Waals surface area contributed by atoms with Gasteiger partial charge in [-0.1, -0.05) is 6.07 Å². The quantitative estimate of drug-likeness (QED) is 0.774. The van der Waals surface area contributed by atoms with E-state index < -0.39 is 12.2 Å². The number of hydrogen-bond donors (Lipinski definition) is 3. The van der Waals surface area contributed by atoms with Gasteiger partial charge in [0.25, 0.3) is 5.56 Å². The van der Waals surface area contributed by atoms with Gasteiger partial charge in [-0.3, -0.25) is 9.36 Å². The van der Waals surface area contributed by atoms with Gasteiger partial charge in [0, 0.05) is 6.04 Å². The number of aromatic nitrogens is 2. The van der Waals surface area contributed by atoms with Gasteiger partial charge in [0.1, 0.15) is 0 Å². The number of aryl methyl sites for hydroxylation is 2. The van der Waals surface area contributed by atoms with Crippen LogP contribution in [0.15, 0.2) is 23.3 Å². The van der Waals surface area contributed by atoms with Gasteiger partial charge >= 0.3 is 0 Å². The highest BCUT2D eigenvalue weighted by Gasteiger charge is 2.25. The summed E-state index contributed by atoms with van der Waals surface area (Å²) < 4.78 is 1.46. The van der Waals surface area contributed by atoms with Crippen molar-refractivity contribution >= 4 is 10.9 Å². The third kappa shape index (κ3) is 3.50. The molecule has 1 aromatic heterocycles. The van der Waals surface area contributed by atoms with Crippen LogP contribution in [0.4, 0.5) is 0 Å². The highest BCUT2D eigenvalue weighted by Crippen LogP contribution is 2.16. The van der Waals surface area contributed by atoms with Crippen molar-refractivity contribution < 1.29 is 10.2 Å². The van der Waals surface area contributed by atoms with E-state index in [1.54, 1.807) is 0 Å². The Morgan fingerprint density at radius 3 is 2.96 bits per heavy atom. The van der Waals surface area contributed by atoms with E-state index in [0.717, 1.165) is 30.5 Å². The second kappa shape index (κ2) is 7.01. The number of piperidine rings is 1. The number of nitrogens with one attached hydrogen (secondary N) is 1. The van der Waals surface area contributed by atoms with Crippen molar-refractivity contribution in [3.63, 3.8) is 0 Å². The number of hydrogen-bond acceptors (Lipinski definition) is 5. The van der Waals surface area contributed by atoms with E-state index in [-0.39, 0.29) is 18.1 Å². The van der Waals surface area contributed by atoms with E-state index in [9.17, 15) is 15.0 Å². The number of aliphatic hydroxyl groups is 2. The summed E-state index contributed by atoms with van der Waals surface area (Å²) >= 11 is 0. The SMILES string of the molecule is Cc1cc(C)c2ncn(CC(O)C[C@H]3NCCC[C@@H]3O)c(=O)c2c1. The number of nitrogens with zero attached hydrogens (tertiary/aromatic N) is 2. The molecule has 1 unspecified atom stereocenters. The summed E-state index contributed by atoms with van der Waals surface area (Å²) in [5, 5.41) is 24.1. The van der Waals surface area contributed by atoms with E-state index in [1.165, 1.54) is 10.9 Å². The zero-order valence-corrected chi connectivity index (χ0v) is 14.2. The minimum absolute atomic E-state index is 0.123. The molecule has 0 amide bonds. The molecular formula is C18H25N3O3. The second-order valence-corrected chi connectivity index (χ2v) is 6.84. The van der Waals surface area contributed by atoms with Crippen molar-refractivity contribution in [2.75, 3.05) is 6.54 Å². The van der Waals surface area contributed by atoms with Gasteiger partial charge in [-0.15, -0.1) is 0 Å². The predicted molar refractivity (Wildman–Crippen MR) is 93.1 cm³/mol. The molecule has 3 atom stereocenters. The van der Waals surface area contributed by atoms with Gasteiger partial charge in [0.15, 0.2) is 0 Å². The van der Waals surface area contributed by atoms with Gasteiger partial charge in [-0.25, -0.2) is 4.98 Å². The smallest absolute Gasteiger partial charge is 0.261 e. The van der Waals surface area contributed by atoms with Crippen LogP contribution < -0.4 is 10.9 Å². The molecule has 1 fully saturated rings. The molecule has 0 spiro atoms. The molecule has 1 aliphatic heterocycles. The summed E-state index contributed by atoms with van der Waals surface area (Å²) in [6.45, 7) is 4.93. The molecule has 3 rings (SSSR count). The van der Waals surface area contributed by atoms with Crippen molar-refractivity contribution in [3.05, 3.63) is 39.9 Å². The molecule has 2 aromatic rings. The number of aliphatic hydroxyl groups excluding tert-OH is 2. The molecule has 0 aliphatic carbocycles. The molecule has 2 heterocycles. The zero-order chi connectivity index (χ0) is 17.3. The van der Waals surface area contributed by atoms with Gasteiger partial charge in [-0.2, -0.15) is 0 Å². The lowest BCUT2D eigenvalue weighted by atomic mass is 9.96. The normalized spacial score (nSPS) is 22.7. The highest BCUT2D eigenvalue weighted by atomic mass is 16.3. The minimum Gasteiger partial charge on any atom is -0.392 e. The van der Waals surface area contributed by atoms with Gasteiger partial charge < -0.3 is 15.5 Å². The monoisotopic (exact) mass is 331 g/mol. The van der Waals surface area contributed by atoms with Crippen molar-refractivity contribution in [2.45, 2.75) is 57.9 Å². The average molecular weight is 331 g/mol. The fourth-order valence-electron chi connectivity index (χ4n) is 3.53. The maximum Gasteiger partial charge on any atom is 0.261 e. The molecule has 1 aliphatic rings. The first-order valence-corrected chi connectivity index (χ1v) is 8.51. The summed E-state index contributed by atoms with van der Waals surface area (Å²) in [6, 6.07) is 3.72. The largest absolute Gasteiger partial charge is 0.392 e. The summed E-state index contributed by atoms with van der Waals surface area (Å²) in [7, 11) is 0. The fourth-order valence-corrected chi connectivity index (χ4v) is 3.53. The maximum atomic E-state index is 12.7. The van der Waals surface area contributed by atoms with Crippen LogP contribution in [0.3, 0.4) is 0 Å². The Bertz CT molecular complexity index is 787. The first-order chi connectivity index (χ1) is 11.5. The van der Waals surface area contributed by atoms with Crippen molar-refractivity contribution in [1.29, 1.82) is 0 Å². The first kappa shape index (κ1) is 17.1. The first-order valence-electron chi connectivity index (χ1n) is 8.51. The lowest BCUT2D eigenvalue weighted by molar-refractivity contribution is 0.0539. The average Bonchev–Trinajstić information content (AvgIpc) is 2.53. The Kier molecular flexibility index (Phi) is 4.99. The van der Waals surface area contributed by atoms with Crippen LogP contribution in [-0.2, 0) is 6.54 Å². The standard InChI is InChI=1S/C18H25N3O3/c1-11-6-12(2)17-14(7-11)18(24)21(10-20-17)9-13(22)8-15-16(23)4-3-5-19-15/h6-7,10,13,15-16,19,22-23H,3-5,8-9H2,1-2H3/t13?,15-,16+/m1/s1. The van der Waals surface area contributed by atoms with Crippen LogP contribution in [0, 0.1) is 13.8 Å². The van der Waals surface area contributed by atoms with Crippen molar-refractivity contribution in [3.8, 4) is 0 Å². The van der Waals surface area contributed by atoms with Crippen LogP contribution in [-0.4, -0.2) is 44.6 Å². The van der Waals surface area contributed by atoms with E-state index in [2.05, 4.69) is 10.3 Å². The Hall–Kier alpha value is -1.76. The second-order valence-electron chi connectivity index (χ2n) is 6.84. The molecule has 1 saturated heterocycles. The van der Waals surface area contributed by atoms with Crippen LogP contribution >= 0.6 is 0 Å². The number of rotatable bonds is 4. The lowest BCUT2D eigenvalue weighted by Crippen LogP contribution is -2.47. The molecule has 6 heteroatoms. The van der Waals surface area contributed by atoms with Crippen molar-refractivity contribution in [2.24, 2.45) is 0 Å². The fraction of sp³-hybridized carbons (Fsp3) is 0.556. The summed E-state index contributed by atoms with van der Waals surface area (Å²) in [5.41, 5.74) is 2.57. The molecule has 24 heavy (non-hydrogen) atoms. The maximum absolute atomic E-state index is 12.7. The van der Waals surface area contributed by atoms with E-state index in [1.807, 2.05) is 26.0 Å². The van der Waals surface area contributed by atoms with E-state index in [0.29, 0.717) is 17.3 Å². The van der Waals surface area contributed by atoms with Gasteiger partial charge in [0.05, 0.1) is 36.0 Å². The van der Waals surface area contributed by atoms with Crippen LogP contribution in [0.1, 0.15) is 30.4 Å². The number of fused-ring (bicyclic) bond motifs is 1. The molecule has 0 radical (unpaired) electrons. The third-order valence-electron chi connectivity index (χ3n) is 4.74. The van der Waals surface area contributed by atoms with Crippen LogP contribution in [0.25, 0.3) is 10.9 Å². The summed E-state index contributed by atoms with van der Waals surface area (Å²) in [6.07, 6.45) is 2.46. The Morgan fingerprint density at radius 1 is 1.42 bits per heavy atom.